The second-order valence-electron chi connectivity index (χ2n) is 4.59. The molecule has 1 heterocycles. The van der Waals surface area contributed by atoms with Crippen LogP contribution in [0.25, 0.3) is 22.2 Å². The molecule has 0 fully saturated rings. The van der Waals surface area contributed by atoms with E-state index in [9.17, 15) is 0 Å². The molecule has 0 aliphatic carbocycles. The van der Waals surface area contributed by atoms with Crippen molar-refractivity contribution in [2.75, 3.05) is 5.43 Å². The van der Waals surface area contributed by atoms with Crippen molar-refractivity contribution >= 4 is 16.6 Å². The summed E-state index contributed by atoms with van der Waals surface area (Å²) in [6.45, 7) is 2.06. The average Bonchev–Trinajstić information content (AvgIpc) is 2.53. The summed E-state index contributed by atoms with van der Waals surface area (Å²) in [5, 5.41) is 2.32. The van der Waals surface area contributed by atoms with Gasteiger partial charge in [0.2, 0.25) is 0 Å². The molecule has 0 amide bonds. The molecule has 3 aromatic rings. The standard InChI is InChI=1S/C16H16N4/c1-2-12-10-15(20-17)19-16(18-12)14-9-5-7-11-6-3-4-8-13(11)14/h3-10H,2,17H2,1H3,(H,18,19,20). The number of fused-ring (bicyclic) bond motifs is 1. The minimum atomic E-state index is 0.639. The van der Waals surface area contributed by atoms with Crippen molar-refractivity contribution < 1.29 is 0 Å². The van der Waals surface area contributed by atoms with Gasteiger partial charge in [-0.15, -0.1) is 0 Å². The third-order valence-corrected chi connectivity index (χ3v) is 3.32. The van der Waals surface area contributed by atoms with E-state index in [-0.39, 0.29) is 0 Å². The third kappa shape index (κ3) is 2.21. The van der Waals surface area contributed by atoms with Crippen LogP contribution in [0.3, 0.4) is 0 Å². The van der Waals surface area contributed by atoms with Crippen LogP contribution >= 0.6 is 0 Å². The summed E-state index contributed by atoms with van der Waals surface area (Å²) in [5.41, 5.74) is 4.60. The number of hydrogen-bond donors (Lipinski definition) is 2. The lowest BCUT2D eigenvalue weighted by Crippen LogP contribution is -2.10. The van der Waals surface area contributed by atoms with Gasteiger partial charge >= 0.3 is 0 Å². The minimum absolute atomic E-state index is 0.639. The van der Waals surface area contributed by atoms with Gasteiger partial charge in [-0.2, -0.15) is 0 Å². The lowest BCUT2D eigenvalue weighted by atomic mass is 10.0. The van der Waals surface area contributed by atoms with Crippen LogP contribution in [0, 0.1) is 0 Å². The summed E-state index contributed by atoms with van der Waals surface area (Å²) in [6, 6.07) is 16.2. The smallest absolute Gasteiger partial charge is 0.162 e. The highest BCUT2D eigenvalue weighted by atomic mass is 15.3. The maximum absolute atomic E-state index is 5.49. The van der Waals surface area contributed by atoms with Gasteiger partial charge in [-0.3, -0.25) is 0 Å². The van der Waals surface area contributed by atoms with Crippen LogP contribution in [-0.2, 0) is 6.42 Å². The van der Waals surface area contributed by atoms with Crippen LogP contribution in [0.15, 0.2) is 48.5 Å². The first-order chi connectivity index (χ1) is 9.81. The molecule has 20 heavy (non-hydrogen) atoms. The van der Waals surface area contributed by atoms with E-state index in [4.69, 9.17) is 5.84 Å². The van der Waals surface area contributed by atoms with E-state index < -0.39 is 0 Å². The van der Waals surface area contributed by atoms with E-state index in [0.29, 0.717) is 11.6 Å². The molecule has 1 aromatic heterocycles. The molecule has 0 saturated heterocycles. The van der Waals surface area contributed by atoms with Crippen LogP contribution in [0.2, 0.25) is 0 Å². The Morgan fingerprint density at radius 3 is 2.65 bits per heavy atom. The maximum atomic E-state index is 5.49. The normalized spacial score (nSPS) is 10.7. The van der Waals surface area contributed by atoms with Crippen LogP contribution in [0.4, 0.5) is 5.82 Å². The van der Waals surface area contributed by atoms with Gasteiger partial charge in [0.05, 0.1) is 0 Å². The van der Waals surface area contributed by atoms with Gasteiger partial charge in [0, 0.05) is 17.3 Å². The Morgan fingerprint density at radius 2 is 1.85 bits per heavy atom. The number of nitrogens with two attached hydrogens (primary N) is 1. The number of aromatic nitrogens is 2. The fourth-order valence-electron chi connectivity index (χ4n) is 2.29. The van der Waals surface area contributed by atoms with Crippen LogP contribution in [-0.4, -0.2) is 9.97 Å². The lowest BCUT2D eigenvalue weighted by Gasteiger charge is -2.09. The monoisotopic (exact) mass is 264 g/mol. The summed E-state index contributed by atoms with van der Waals surface area (Å²) >= 11 is 0. The van der Waals surface area contributed by atoms with Crippen molar-refractivity contribution in [2.24, 2.45) is 5.84 Å². The van der Waals surface area contributed by atoms with Gasteiger partial charge in [0.25, 0.3) is 0 Å². The second kappa shape index (κ2) is 5.27. The number of hydrazine groups is 1. The summed E-state index contributed by atoms with van der Waals surface area (Å²) in [6.07, 6.45) is 0.842. The first kappa shape index (κ1) is 12.6. The third-order valence-electron chi connectivity index (χ3n) is 3.32. The van der Waals surface area contributed by atoms with Crippen molar-refractivity contribution in [1.29, 1.82) is 0 Å². The average molecular weight is 264 g/mol. The lowest BCUT2D eigenvalue weighted by molar-refractivity contribution is 1.00. The number of nitrogens with one attached hydrogen (secondary N) is 1. The van der Waals surface area contributed by atoms with Gasteiger partial charge in [-0.25, -0.2) is 15.8 Å². The van der Waals surface area contributed by atoms with Crippen LogP contribution < -0.4 is 11.3 Å². The second-order valence-corrected chi connectivity index (χ2v) is 4.59. The molecule has 0 unspecified atom stereocenters. The zero-order chi connectivity index (χ0) is 13.9. The summed E-state index contributed by atoms with van der Waals surface area (Å²) in [5.74, 6) is 6.83. The van der Waals surface area contributed by atoms with Crippen LogP contribution in [0.1, 0.15) is 12.6 Å². The predicted octanol–water partition coefficient (Wildman–Crippen LogP) is 3.14. The highest BCUT2D eigenvalue weighted by Crippen LogP contribution is 2.27. The van der Waals surface area contributed by atoms with Crippen molar-refractivity contribution in [3.8, 4) is 11.4 Å². The zero-order valence-corrected chi connectivity index (χ0v) is 11.3. The van der Waals surface area contributed by atoms with E-state index in [2.05, 4.69) is 40.5 Å². The minimum Gasteiger partial charge on any atom is -0.308 e. The maximum Gasteiger partial charge on any atom is 0.162 e. The topological polar surface area (TPSA) is 63.8 Å². The van der Waals surface area contributed by atoms with E-state index in [0.717, 1.165) is 23.1 Å². The Morgan fingerprint density at radius 1 is 1.05 bits per heavy atom. The molecular weight excluding hydrogens is 248 g/mol. The van der Waals surface area contributed by atoms with Gasteiger partial charge in [0.15, 0.2) is 5.82 Å². The highest BCUT2D eigenvalue weighted by molar-refractivity contribution is 5.95. The summed E-state index contributed by atoms with van der Waals surface area (Å²) in [7, 11) is 0. The number of nitrogen functional groups attached to an aromatic ring is 1. The quantitative estimate of drug-likeness (QED) is 0.563. The molecule has 0 radical (unpaired) electrons. The fourth-order valence-corrected chi connectivity index (χ4v) is 2.29. The SMILES string of the molecule is CCc1cc(NN)nc(-c2cccc3ccccc23)n1. The highest BCUT2D eigenvalue weighted by Gasteiger charge is 2.08. The number of nitrogens with zero attached hydrogens (tertiary/aromatic N) is 2. The van der Waals surface area contributed by atoms with Gasteiger partial charge in [-0.05, 0) is 17.2 Å². The Bertz CT molecular complexity index is 725. The Balaban J connectivity index is 2.25. The number of hydrogen-bond acceptors (Lipinski definition) is 4. The molecule has 0 atom stereocenters. The molecular formula is C16H16N4. The Labute approximate surface area is 117 Å². The first-order valence-electron chi connectivity index (χ1n) is 6.64. The van der Waals surface area contributed by atoms with E-state index in [1.54, 1.807) is 0 Å². The van der Waals surface area contributed by atoms with Crippen molar-refractivity contribution in [2.45, 2.75) is 13.3 Å². The fraction of sp³-hybridized carbons (Fsp3) is 0.125. The van der Waals surface area contributed by atoms with Crippen LogP contribution in [0.5, 0.6) is 0 Å². The molecule has 3 rings (SSSR count). The van der Waals surface area contributed by atoms with E-state index >= 15 is 0 Å². The number of rotatable bonds is 3. The summed E-state index contributed by atoms with van der Waals surface area (Å²) in [4.78, 5) is 9.09. The van der Waals surface area contributed by atoms with Crippen molar-refractivity contribution in [3.63, 3.8) is 0 Å². The molecule has 2 aromatic carbocycles. The zero-order valence-electron chi connectivity index (χ0n) is 11.3. The predicted molar refractivity (Wildman–Crippen MR) is 82.2 cm³/mol. The molecule has 0 aliphatic heterocycles. The molecule has 0 spiro atoms. The molecule has 0 saturated carbocycles. The molecule has 3 N–H and O–H groups in total. The summed E-state index contributed by atoms with van der Waals surface area (Å²) < 4.78 is 0. The molecule has 4 heteroatoms. The first-order valence-corrected chi connectivity index (χ1v) is 6.64. The Hall–Kier alpha value is -2.46. The number of benzene rings is 2. The van der Waals surface area contributed by atoms with E-state index in [1.165, 1.54) is 5.39 Å². The van der Waals surface area contributed by atoms with E-state index in [1.807, 2.05) is 30.3 Å². The molecule has 0 aliphatic rings. The van der Waals surface area contributed by atoms with Gasteiger partial charge in [0.1, 0.15) is 5.82 Å². The number of aryl methyl sites for hydroxylation is 1. The van der Waals surface area contributed by atoms with Gasteiger partial charge in [-0.1, -0.05) is 49.4 Å². The van der Waals surface area contributed by atoms with Crippen molar-refractivity contribution in [1.82, 2.24) is 9.97 Å². The van der Waals surface area contributed by atoms with Gasteiger partial charge < -0.3 is 5.43 Å². The molecule has 100 valence electrons. The Kier molecular flexibility index (Phi) is 3.31. The molecule has 0 bridgehead atoms. The van der Waals surface area contributed by atoms with Crippen molar-refractivity contribution in [3.05, 3.63) is 54.2 Å². The number of anilines is 1. The molecule has 4 nitrogen and oxygen atoms in total. The largest absolute Gasteiger partial charge is 0.308 e.